The van der Waals surface area contributed by atoms with Gasteiger partial charge in [0.1, 0.15) is 0 Å². The third-order valence-corrected chi connectivity index (χ3v) is 4.08. The monoisotopic (exact) mass is 312 g/mol. The molecular weight excluding hydrogens is 276 g/mol. The van der Waals surface area contributed by atoms with Gasteiger partial charge in [0.15, 0.2) is 5.96 Å². The molecule has 130 valence electrons. The number of nitrogens with zero attached hydrogens (tertiary/aromatic N) is 2. The summed E-state index contributed by atoms with van der Waals surface area (Å²) in [6, 6.07) is 0. The first-order valence-electron chi connectivity index (χ1n) is 9.11. The molecule has 5 nitrogen and oxygen atoms in total. The van der Waals surface area contributed by atoms with E-state index in [1.165, 1.54) is 58.2 Å². The Morgan fingerprint density at radius 3 is 2.41 bits per heavy atom. The number of aliphatic imine (C=N–C) groups is 1. The molecule has 1 rings (SSSR count). The van der Waals surface area contributed by atoms with Crippen LogP contribution in [0.4, 0.5) is 0 Å². The van der Waals surface area contributed by atoms with Crippen molar-refractivity contribution in [3.8, 4) is 0 Å². The summed E-state index contributed by atoms with van der Waals surface area (Å²) in [5.74, 6) is 0.910. The van der Waals surface area contributed by atoms with E-state index in [0.29, 0.717) is 0 Å². The molecule has 0 saturated carbocycles. The molecule has 0 aromatic carbocycles. The molecule has 0 bridgehead atoms. The van der Waals surface area contributed by atoms with E-state index in [1.54, 1.807) is 0 Å². The van der Waals surface area contributed by atoms with E-state index in [9.17, 15) is 0 Å². The zero-order valence-electron chi connectivity index (χ0n) is 14.7. The highest BCUT2D eigenvalue weighted by molar-refractivity contribution is 5.79. The summed E-state index contributed by atoms with van der Waals surface area (Å²) in [4.78, 5) is 6.86. The molecule has 0 amide bonds. The molecule has 1 fully saturated rings. The second kappa shape index (κ2) is 13.8. The molecule has 2 N–H and O–H groups in total. The molecule has 22 heavy (non-hydrogen) atoms. The van der Waals surface area contributed by atoms with E-state index in [4.69, 9.17) is 4.74 Å². The van der Waals surface area contributed by atoms with E-state index in [1.807, 2.05) is 14.0 Å². The maximum Gasteiger partial charge on any atom is 0.190 e. The van der Waals surface area contributed by atoms with Crippen molar-refractivity contribution in [3.63, 3.8) is 0 Å². The predicted molar refractivity (Wildman–Crippen MR) is 94.6 cm³/mol. The van der Waals surface area contributed by atoms with Gasteiger partial charge in [0.2, 0.25) is 0 Å². The first-order chi connectivity index (χ1) is 10.9. The maximum atomic E-state index is 5.32. The lowest BCUT2D eigenvalue weighted by molar-refractivity contribution is 0.145. The molecule has 0 atom stereocenters. The number of piperidine rings is 1. The number of guanidine groups is 1. The van der Waals surface area contributed by atoms with Crippen LogP contribution in [0.15, 0.2) is 4.99 Å². The molecule has 1 heterocycles. The summed E-state index contributed by atoms with van der Waals surface area (Å²) < 4.78 is 5.32. The first kappa shape index (κ1) is 19.2. The van der Waals surface area contributed by atoms with Crippen LogP contribution in [0.3, 0.4) is 0 Å². The van der Waals surface area contributed by atoms with Crippen molar-refractivity contribution in [2.45, 2.75) is 51.9 Å². The average molecular weight is 313 g/mol. The van der Waals surface area contributed by atoms with Crippen LogP contribution in [0.5, 0.6) is 0 Å². The van der Waals surface area contributed by atoms with E-state index < -0.39 is 0 Å². The van der Waals surface area contributed by atoms with Crippen molar-refractivity contribution >= 4 is 5.96 Å². The Bertz CT molecular complexity index is 278. The quantitative estimate of drug-likeness (QED) is 0.349. The van der Waals surface area contributed by atoms with Crippen molar-refractivity contribution in [3.05, 3.63) is 0 Å². The molecule has 5 heteroatoms. The van der Waals surface area contributed by atoms with Crippen molar-refractivity contribution in [1.82, 2.24) is 15.5 Å². The lowest BCUT2D eigenvalue weighted by Crippen LogP contribution is -2.38. The summed E-state index contributed by atoms with van der Waals surface area (Å²) >= 11 is 0. The van der Waals surface area contributed by atoms with E-state index in [0.717, 1.165) is 38.7 Å². The van der Waals surface area contributed by atoms with Crippen LogP contribution in [0.1, 0.15) is 51.9 Å². The summed E-state index contributed by atoms with van der Waals surface area (Å²) in [6.45, 7) is 9.47. The topological polar surface area (TPSA) is 48.9 Å². The minimum Gasteiger partial charge on any atom is -0.382 e. The number of hydrogen-bond acceptors (Lipinski definition) is 3. The number of ether oxygens (including phenoxy) is 1. The van der Waals surface area contributed by atoms with Crippen LogP contribution in [-0.2, 0) is 4.74 Å². The Balaban J connectivity index is 1.90. The SMILES string of the molecule is CCOCCCNC(=NC)NCCCCCN1CCCCC1. The Labute approximate surface area is 136 Å². The highest BCUT2D eigenvalue weighted by Gasteiger charge is 2.08. The van der Waals surface area contributed by atoms with Gasteiger partial charge in [-0.15, -0.1) is 0 Å². The summed E-state index contributed by atoms with van der Waals surface area (Å²) in [5.41, 5.74) is 0. The zero-order chi connectivity index (χ0) is 15.9. The van der Waals surface area contributed by atoms with Crippen molar-refractivity contribution < 1.29 is 4.74 Å². The van der Waals surface area contributed by atoms with Gasteiger partial charge in [-0.05, 0) is 58.7 Å². The smallest absolute Gasteiger partial charge is 0.190 e. The minimum absolute atomic E-state index is 0.796. The Morgan fingerprint density at radius 2 is 1.73 bits per heavy atom. The fourth-order valence-electron chi connectivity index (χ4n) is 2.77. The normalized spacial score (nSPS) is 16.7. The molecule has 1 aliphatic rings. The lowest BCUT2D eigenvalue weighted by Gasteiger charge is -2.26. The zero-order valence-corrected chi connectivity index (χ0v) is 14.7. The number of hydrogen-bond donors (Lipinski definition) is 2. The van der Waals surface area contributed by atoms with E-state index in [2.05, 4.69) is 20.5 Å². The fourth-order valence-corrected chi connectivity index (χ4v) is 2.77. The second-order valence-corrected chi connectivity index (χ2v) is 5.94. The molecule has 0 spiro atoms. The lowest BCUT2D eigenvalue weighted by atomic mass is 10.1. The van der Waals surface area contributed by atoms with Gasteiger partial charge in [-0.2, -0.15) is 0 Å². The molecular formula is C17H36N4O. The van der Waals surface area contributed by atoms with Gasteiger partial charge in [-0.3, -0.25) is 4.99 Å². The Hall–Kier alpha value is -0.810. The molecule has 0 unspecified atom stereocenters. The summed E-state index contributed by atoms with van der Waals surface area (Å²) in [7, 11) is 1.83. The molecule has 1 aliphatic heterocycles. The van der Waals surface area contributed by atoms with Crippen molar-refractivity contribution in [1.29, 1.82) is 0 Å². The van der Waals surface area contributed by atoms with Crippen LogP contribution in [-0.4, -0.2) is 63.8 Å². The molecule has 0 radical (unpaired) electrons. The van der Waals surface area contributed by atoms with Crippen molar-refractivity contribution in [2.75, 3.05) is 53.0 Å². The number of unbranched alkanes of at least 4 members (excludes halogenated alkanes) is 2. The second-order valence-electron chi connectivity index (χ2n) is 5.94. The van der Waals surface area contributed by atoms with Gasteiger partial charge in [-0.1, -0.05) is 12.8 Å². The van der Waals surface area contributed by atoms with Gasteiger partial charge in [0, 0.05) is 33.4 Å². The Kier molecular flexibility index (Phi) is 12.1. The predicted octanol–water partition coefficient (Wildman–Crippen LogP) is 2.23. The van der Waals surface area contributed by atoms with E-state index >= 15 is 0 Å². The summed E-state index contributed by atoms with van der Waals surface area (Å²) in [6.07, 6.45) is 9.07. The fraction of sp³-hybridized carbons (Fsp3) is 0.941. The molecule has 0 aromatic heterocycles. The molecule has 0 aromatic rings. The maximum absolute atomic E-state index is 5.32. The van der Waals surface area contributed by atoms with E-state index in [-0.39, 0.29) is 0 Å². The highest BCUT2D eigenvalue weighted by Crippen LogP contribution is 2.09. The van der Waals surface area contributed by atoms with Crippen LogP contribution >= 0.6 is 0 Å². The minimum atomic E-state index is 0.796. The third kappa shape index (κ3) is 10.0. The number of rotatable bonds is 11. The van der Waals surface area contributed by atoms with Crippen LogP contribution in [0.2, 0.25) is 0 Å². The number of nitrogens with one attached hydrogen (secondary N) is 2. The van der Waals surface area contributed by atoms with Gasteiger partial charge in [0.25, 0.3) is 0 Å². The van der Waals surface area contributed by atoms with Crippen molar-refractivity contribution in [2.24, 2.45) is 4.99 Å². The Morgan fingerprint density at radius 1 is 1.00 bits per heavy atom. The first-order valence-corrected chi connectivity index (χ1v) is 9.11. The molecule has 1 saturated heterocycles. The standard InChI is InChI=1S/C17H36N4O/c1-3-22-16-10-12-20-17(18-2)19-11-6-4-7-13-21-14-8-5-9-15-21/h3-16H2,1-2H3,(H2,18,19,20). The van der Waals surface area contributed by atoms with Crippen LogP contribution < -0.4 is 10.6 Å². The highest BCUT2D eigenvalue weighted by atomic mass is 16.5. The summed E-state index contributed by atoms with van der Waals surface area (Å²) in [5, 5.41) is 6.70. The number of likely N-dealkylation sites (tertiary alicyclic amines) is 1. The van der Waals surface area contributed by atoms with Crippen LogP contribution in [0.25, 0.3) is 0 Å². The van der Waals surface area contributed by atoms with Gasteiger partial charge in [0.05, 0.1) is 0 Å². The van der Waals surface area contributed by atoms with Gasteiger partial charge in [-0.25, -0.2) is 0 Å². The largest absolute Gasteiger partial charge is 0.382 e. The van der Waals surface area contributed by atoms with Gasteiger partial charge < -0.3 is 20.3 Å². The molecule has 0 aliphatic carbocycles. The third-order valence-electron chi connectivity index (χ3n) is 4.08. The van der Waals surface area contributed by atoms with Gasteiger partial charge >= 0.3 is 0 Å². The van der Waals surface area contributed by atoms with Crippen LogP contribution in [0, 0.1) is 0 Å². The average Bonchev–Trinajstić information content (AvgIpc) is 2.56.